The normalized spacial score (nSPS) is 29.6. The van der Waals surface area contributed by atoms with Crippen LogP contribution in [0.15, 0.2) is 18.2 Å². The molecule has 1 saturated carbocycles. The lowest BCUT2D eigenvalue weighted by Gasteiger charge is -2.21. The molecule has 0 aliphatic heterocycles. The van der Waals surface area contributed by atoms with Gasteiger partial charge in [0.1, 0.15) is 5.75 Å². The van der Waals surface area contributed by atoms with Crippen molar-refractivity contribution in [2.75, 3.05) is 13.2 Å². The van der Waals surface area contributed by atoms with Crippen LogP contribution in [0.5, 0.6) is 5.75 Å². The Balaban J connectivity index is 1.62. The van der Waals surface area contributed by atoms with E-state index < -0.39 is 0 Å². The van der Waals surface area contributed by atoms with Crippen molar-refractivity contribution in [3.05, 3.63) is 29.3 Å². The molecule has 2 aliphatic carbocycles. The first-order chi connectivity index (χ1) is 9.29. The van der Waals surface area contributed by atoms with E-state index in [1.165, 1.54) is 24.8 Å². The van der Waals surface area contributed by atoms with Crippen LogP contribution in [0, 0.1) is 11.8 Å². The Morgan fingerprint density at radius 2 is 2.00 bits per heavy atom. The van der Waals surface area contributed by atoms with Crippen LogP contribution in [-0.4, -0.2) is 23.4 Å². The fourth-order valence-electron chi connectivity index (χ4n) is 3.76. The summed E-state index contributed by atoms with van der Waals surface area (Å²) in [7, 11) is 0. The molecule has 3 heteroatoms. The van der Waals surface area contributed by atoms with Crippen LogP contribution in [0.4, 0.5) is 0 Å². The summed E-state index contributed by atoms with van der Waals surface area (Å²) in [5.74, 6) is 1.54. The monoisotopic (exact) mass is 261 g/mol. The topological polar surface area (TPSA) is 52.5 Å². The number of nitrogens with one attached hydrogen (secondary N) is 1. The summed E-state index contributed by atoms with van der Waals surface area (Å²) in [6.07, 6.45) is 5.69. The van der Waals surface area contributed by atoms with Gasteiger partial charge in [-0.2, -0.15) is 0 Å². The summed E-state index contributed by atoms with van der Waals surface area (Å²) in [5.41, 5.74) is 2.38. The average molecular weight is 261 g/mol. The van der Waals surface area contributed by atoms with E-state index in [4.69, 9.17) is 0 Å². The van der Waals surface area contributed by atoms with E-state index in [-0.39, 0.29) is 0 Å². The van der Waals surface area contributed by atoms with Gasteiger partial charge < -0.3 is 15.5 Å². The highest BCUT2D eigenvalue weighted by Gasteiger charge is 2.29. The number of aliphatic hydroxyl groups excluding tert-OH is 1. The Morgan fingerprint density at radius 1 is 1.16 bits per heavy atom. The predicted octanol–water partition coefficient (Wildman–Crippen LogP) is 2.38. The number of phenolic OH excluding ortho intramolecular Hbond substituents is 1. The van der Waals surface area contributed by atoms with Gasteiger partial charge in [0.25, 0.3) is 0 Å². The van der Waals surface area contributed by atoms with Gasteiger partial charge in [-0.1, -0.05) is 18.6 Å². The molecule has 3 unspecified atom stereocenters. The maximum atomic E-state index is 9.85. The Kier molecular flexibility index (Phi) is 3.76. The zero-order valence-electron chi connectivity index (χ0n) is 11.3. The highest BCUT2D eigenvalue weighted by Crippen LogP contribution is 2.37. The number of hydrogen-bond donors (Lipinski definition) is 3. The van der Waals surface area contributed by atoms with Gasteiger partial charge in [0.2, 0.25) is 0 Å². The average Bonchev–Trinajstić information content (AvgIpc) is 3.03. The molecule has 0 saturated heterocycles. The summed E-state index contributed by atoms with van der Waals surface area (Å²) in [6, 6.07) is 6.21. The fourth-order valence-corrected chi connectivity index (χ4v) is 3.76. The molecule has 0 radical (unpaired) electrons. The van der Waals surface area contributed by atoms with Gasteiger partial charge in [-0.05, 0) is 61.3 Å². The molecule has 1 aromatic carbocycles. The van der Waals surface area contributed by atoms with Crippen molar-refractivity contribution < 1.29 is 10.2 Å². The lowest BCUT2D eigenvalue weighted by molar-refractivity contribution is 0.190. The SMILES string of the molecule is OCC1CCCC1CNC1CCc2c(O)cccc21. The lowest BCUT2D eigenvalue weighted by Crippen LogP contribution is -2.29. The van der Waals surface area contributed by atoms with E-state index in [0.29, 0.717) is 30.2 Å². The van der Waals surface area contributed by atoms with E-state index >= 15 is 0 Å². The molecule has 0 amide bonds. The number of fused-ring (bicyclic) bond motifs is 1. The molecule has 0 aromatic heterocycles. The van der Waals surface area contributed by atoms with Crippen LogP contribution in [-0.2, 0) is 6.42 Å². The van der Waals surface area contributed by atoms with Gasteiger partial charge >= 0.3 is 0 Å². The first-order valence-corrected chi connectivity index (χ1v) is 7.44. The number of phenols is 1. The van der Waals surface area contributed by atoms with Gasteiger partial charge in [-0.3, -0.25) is 0 Å². The van der Waals surface area contributed by atoms with Crippen molar-refractivity contribution in [2.24, 2.45) is 11.8 Å². The highest BCUT2D eigenvalue weighted by molar-refractivity contribution is 5.44. The zero-order valence-corrected chi connectivity index (χ0v) is 11.3. The van der Waals surface area contributed by atoms with Crippen molar-refractivity contribution in [1.82, 2.24) is 5.32 Å². The molecule has 104 valence electrons. The standard InChI is InChI=1S/C16H23NO2/c18-10-12-4-1-3-11(12)9-17-15-8-7-14-13(15)5-2-6-16(14)19/h2,5-6,11-12,15,17-19H,1,3-4,7-10H2. The van der Waals surface area contributed by atoms with Crippen molar-refractivity contribution in [1.29, 1.82) is 0 Å². The summed E-state index contributed by atoms with van der Waals surface area (Å²) in [4.78, 5) is 0. The largest absolute Gasteiger partial charge is 0.508 e. The van der Waals surface area contributed by atoms with Gasteiger partial charge in [-0.25, -0.2) is 0 Å². The summed E-state index contributed by atoms with van der Waals surface area (Å²) < 4.78 is 0. The predicted molar refractivity (Wildman–Crippen MR) is 75.1 cm³/mol. The third-order valence-corrected chi connectivity index (χ3v) is 4.92. The fraction of sp³-hybridized carbons (Fsp3) is 0.625. The molecular weight excluding hydrogens is 238 g/mol. The first-order valence-electron chi connectivity index (χ1n) is 7.44. The molecule has 1 aromatic rings. The molecule has 0 heterocycles. The van der Waals surface area contributed by atoms with Gasteiger partial charge in [0, 0.05) is 12.6 Å². The zero-order chi connectivity index (χ0) is 13.2. The number of aliphatic hydroxyl groups is 1. The molecule has 3 atom stereocenters. The molecule has 19 heavy (non-hydrogen) atoms. The maximum absolute atomic E-state index is 9.85. The minimum Gasteiger partial charge on any atom is -0.508 e. The van der Waals surface area contributed by atoms with Crippen LogP contribution in [0.1, 0.15) is 42.9 Å². The van der Waals surface area contributed by atoms with E-state index in [0.717, 1.165) is 24.9 Å². The number of aromatic hydroxyl groups is 1. The second-order valence-electron chi connectivity index (χ2n) is 5.98. The molecule has 0 bridgehead atoms. The maximum Gasteiger partial charge on any atom is 0.119 e. The van der Waals surface area contributed by atoms with Crippen molar-refractivity contribution in [2.45, 2.75) is 38.1 Å². The first kappa shape index (κ1) is 12.9. The van der Waals surface area contributed by atoms with Crippen molar-refractivity contribution in [3.63, 3.8) is 0 Å². The van der Waals surface area contributed by atoms with Crippen LogP contribution in [0.25, 0.3) is 0 Å². The molecule has 3 rings (SSSR count). The number of hydrogen-bond acceptors (Lipinski definition) is 3. The Bertz CT molecular complexity index is 446. The molecule has 3 N–H and O–H groups in total. The smallest absolute Gasteiger partial charge is 0.119 e. The van der Waals surface area contributed by atoms with E-state index in [2.05, 4.69) is 11.4 Å². The summed E-state index contributed by atoms with van der Waals surface area (Å²) in [6.45, 7) is 1.32. The van der Waals surface area contributed by atoms with Gasteiger partial charge in [0.15, 0.2) is 0 Å². The van der Waals surface area contributed by atoms with E-state index in [9.17, 15) is 10.2 Å². The van der Waals surface area contributed by atoms with Gasteiger partial charge in [0.05, 0.1) is 0 Å². The molecule has 2 aliphatic rings. The van der Waals surface area contributed by atoms with Crippen molar-refractivity contribution in [3.8, 4) is 5.75 Å². The quantitative estimate of drug-likeness (QED) is 0.780. The van der Waals surface area contributed by atoms with Gasteiger partial charge in [-0.15, -0.1) is 0 Å². The minimum absolute atomic E-state index is 0.328. The summed E-state index contributed by atoms with van der Waals surface area (Å²) in [5, 5.41) is 22.9. The second kappa shape index (κ2) is 5.51. The number of benzene rings is 1. The van der Waals surface area contributed by atoms with E-state index in [1.54, 1.807) is 6.07 Å². The van der Waals surface area contributed by atoms with Crippen LogP contribution >= 0.6 is 0 Å². The second-order valence-corrected chi connectivity index (χ2v) is 5.98. The lowest BCUT2D eigenvalue weighted by atomic mass is 9.96. The minimum atomic E-state index is 0.328. The molecule has 3 nitrogen and oxygen atoms in total. The Labute approximate surface area is 114 Å². The van der Waals surface area contributed by atoms with E-state index in [1.807, 2.05) is 6.07 Å². The van der Waals surface area contributed by atoms with Crippen molar-refractivity contribution >= 4 is 0 Å². The molecule has 1 fully saturated rings. The molecule has 0 spiro atoms. The summed E-state index contributed by atoms with van der Waals surface area (Å²) >= 11 is 0. The molecular formula is C16H23NO2. The van der Waals surface area contributed by atoms with Crippen LogP contribution in [0.2, 0.25) is 0 Å². The van der Waals surface area contributed by atoms with Crippen LogP contribution < -0.4 is 5.32 Å². The Hall–Kier alpha value is -1.06. The number of rotatable bonds is 4. The Morgan fingerprint density at radius 3 is 2.84 bits per heavy atom. The highest BCUT2D eigenvalue weighted by atomic mass is 16.3. The third kappa shape index (κ3) is 2.49. The van der Waals surface area contributed by atoms with Crippen LogP contribution in [0.3, 0.4) is 0 Å². The third-order valence-electron chi connectivity index (χ3n) is 4.92.